The molecule has 0 unspecified atom stereocenters. The largest absolute Gasteiger partial charge is 0.419 e. The van der Waals surface area contributed by atoms with Crippen molar-refractivity contribution in [1.29, 1.82) is 0 Å². The Morgan fingerprint density at radius 1 is 0.676 bits per heavy atom. The molecule has 0 bridgehead atoms. The molecule has 4 aromatic rings. The van der Waals surface area contributed by atoms with Gasteiger partial charge in [-0.2, -0.15) is 13.2 Å². The van der Waals surface area contributed by atoms with Crippen molar-refractivity contribution >= 4 is 10.8 Å². The number of aryl methyl sites for hydroxylation is 1. The summed E-state index contributed by atoms with van der Waals surface area (Å²) >= 11 is 0. The maximum atomic E-state index is 15.0. The first-order valence-corrected chi connectivity index (χ1v) is 11.1. The van der Waals surface area contributed by atoms with Gasteiger partial charge in [0.15, 0.2) is 0 Å². The van der Waals surface area contributed by atoms with Crippen molar-refractivity contribution in [2.24, 2.45) is 0 Å². The third-order valence-electron chi connectivity index (χ3n) is 5.95. The van der Waals surface area contributed by atoms with Gasteiger partial charge in [0.2, 0.25) is 0 Å². The Labute approximate surface area is 193 Å². The molecule has 0 aliphatic rings. The molecular weight excluding hydrogens is 450 g/mol. The molecule has 0 saturated carbocycles. The summed E-state index contributed by atoms with van der Waals surface area (Å²) in [5.74, 6) is -2.40. The van der Waals surface area contributed by atoms with Gasteiger partial charge in [0.1, 0.15) is 17.5 Å². The zero-order chi connectivity index (χ0) is 24.5. The summed E-state index contributed by atoms with van der Waals surface area (Å²) in [5, 5.41) is 0.0212. The Morgan fingerprint density at radius 3 is 1.97 bits per heavy atom. The van der Waals surface area contributed by atoms with Gasteiger partial charge < -0.3 is 0 Å². The summed E-state index contributed by atoms with van der Waals surface area (Å²) in [6, 6.07) is 15.1. The van der Waals surface area contributed by atoms with E-state index in [-0.39, 0.29) is 21.9 Å². The Morgan fingerprint density at radius 2 is 1.32 bits per heavy atom. The fraction of sp³-hybridized carbons (Fsp3) is 0.214. The zero-order valence-corrected chi connectivity index (χ0v) is 18.4. The minimum absolute atomic E-state index is 0.183. The molecule has 0 N–H and O–H groups in total. The molecule has 34 heavy (non-hydrogen) atoms. The Kier molecular flexibility index (Phi) is 6.69. The summed E-state index contributed by atoms with van der Waals surface area (Å²) < 4.78 is 82.9. The van der Waals surface area contributed by atoms with Crippen LogP contribution in [0.1, 0.15) is 37.3 Å². The van der Waals surface area contributed by atoms with E-state index in [4.69, 9.17) is 0 Å². The Balaban J connectivity index is 1.65. The van der Waals surface area contributed by atoms with Gasteiger partial charge in [-0.1, -0.05) is 62.2 Å². The van der Waals surface area contributed by atoms with E-state index in [2.05, 4.69) is 6.92 Å². The van der Waals surface area contributed by atoms with E-state index in [0.29, 0.717) is 17.2 Å². The van der Waals surface area contributed by atoms with E-state index in [1.54, 1.807) is 12.1 Å². The molecule has 0 fully saturated rings. The Hall–Kier alpha value is -3.28. The lowest BCUT2D eigenvalue weighted by molar-refractivity contribution is -0.139. The third kappa shape index (κ3) is 4.81. The van der Waals surface area contributed by atoms with Crippen LogP contribution < -0.4 is 0 Å². The molecule has 0 spiro atoms. The average Bonchev–Trinajstić information content (AvgIpc) is 2.78. The van der Waals surface area contributed by atoms with Crippen molar-refractivity contribution in [1.82, 2.24) is 0 Å². The molecule has 0 atom stereocenters. The van der Waals surface area contributed by atoms with Crippen molar-refractivity contribution in [3.63, 3.8) is 0 Å². The molecule has 0 aromatic heterocycles. The summed E-state index contributed by atoms with van der Waals surface area (Å²) in [7, 11) is 0. The first-order valence-electron chi connectivity index (χ1n) is 11.1. The summed E-state index contributed by atoms with van der Waals surface area (Å²) in [6.07, 6.45) is -0.896. The normalized spacial score (nSPS) is 11.9. The van der Waals surface area contributed by atoms with Gasteiger partial charge in [-0.3, -0.25) is 0 Å². The Bertz CT molecular complexity index is 1340. The highest BCUT2D eigenvalue weighted by atomic mass is 19.4. The van der Waals surface area contributed by atoms with Crippen molar-refractivity contribution in [2.75, 3.05) is 0 Å². The highest BCUT2D eigenvalue weighted by molar-refractivity contribution is 5.89. The average molecular weight is 472 g/mol. The number of benzene rings is 4. The highest BCUT2D eigenvalue weighted by Gasteiger charge is 2.34. The number of hydrogen-bond acceptors (Lipinski definition) is 0. The molecule has 176 valence electrons. The molecule has 4 rings (SSSR count). The minimum Gasteiger partial charge on any atom is -0.206 e. The van der Waals surface area contributed by atoms with Crippen molar-refractivity contribution < 1.29 is 26.3 Å². The lowest BCUT2D eigenvalue weighted by atomic mass is 9.96. The zero-order valence-electron chi connectivity index (χ0n) is 18.4. The number of alkyl halides is 3. The first-order chi connectivity index (χ1) is 16.2. The fourth-order valence-electron chi connectivity index (χ4n) is 4.12. The first kappa shape index (κ1) is 23.9. The van der Waals surface area contributed by atoms with Gasteiger partial charge in [-0.25, -0.2) is 13.2 Å². The van der Waals surface area contributed by atoms with Crippen molar-refractivity contribution in [3.8, 4) is 22.3 Å². The number of halogens is 6. The van der Waals surface area contributed by atoms with E-state index < -0.39 is 29.2 Å². The number of hydrogen-bond donors (Lipinski definition) is 0. The van der Waals surface area contributed by atoms with Crippen molar-refractivity contribution in [2.45, 2.75) is 38.8 Å². The van der Waals surface area contributed by atoms with Crippen LogP contribution in [0.4, 0.5) is 26.3 Å². The van der Waals surface area contributed by atoms with E-state index in [1.165, 1.54) is 36.4 Å². The minimum atomic E-state index is -4.80. The van der Waals surface area contributed by atoms with Gasteiger partial charge in [0.05, 0.1) is 5.56 Å². The van der Waals surface area contributed by atoms with E-state index in [9.17, 15) is 26.3 Å². The molecule has 0 amide bonds. The van der Waals surface area contributed by atoms with E-state index >= 15 is 0 Å². The smallest absolute Gasteiger partial charge is 0.206 e. The second-order valence-electron chi connectivity index (χ2n) is 8.33. The van der Waals surface area contributed by atoms with Crippen LogP contribution in [0.2, 0.25) is 0 Å². The van der Waals surface area contributed by atoms with Crippen LogP contribution in [0.25, 0.3) is 33.0 Å². The van der Waals surface area contributed by atoms with Crippen LogP contribution >= 0.6 is 0 Å². The number of unbranched alkanes of at least 4 members (excludes halogenated alkanes) is 2. The molecule has 0 radical (unpaired) electrons. The molecule has 0 heterocycles. The number of rotatable bonds is 6. The van der Waals surface area contributed by atoms with Gasteiger partial charge in [-0.15, -0.1) is 0 Å². The van der Waals surface area contributed by atoms with Crippen LogP contribution in [-0.2, 0) is 12.6 Å². The predicted molar refractivity (Wildman–Crippen MR) is 123 cm³/mol. The summed E-state index contributed by atoms with van der Waals surface area (Å²) in [4.78, 5) is 0. The van der Waals surface area contributed by atoms with Gasteiger partial charge in [-0.05, 0) is 59.2 Å². The van der Waals surface area contributed by atoms with E-state index in [1.807, 2.05) is 6.07 Å². The van der Waals surface area contributed by atoms with Crippen LogP contribution in [0.5, 0.6) is 0 Å². The topological polar surface area (TPSA) is 0 Å². The van der Waals surface area contributed by atoms with Crippen LogP contribution in [0.15, 0.2) is 66.7 Å². The van der Waals surface area contributed by atoms with E-state index in [0.717, 1.165) is 37.3 Å². The molecule has 4 aromatic carbocycles. The second-order valence-corrected chi connectivity index (χ2v) is 8.33. The number of fused-ring (bicyclic) bond motifs is 1. The fourth-order valence-corrected chi connectivity index (χ4v) is 4.12. The maximum absolute atomic E-state index is 15.0. The second kappa shape index (κ2) is 9.53. The molecule has 0 nitrogen and oxygen atoms in total. The standard InChI is InChI=1S/C28H22F6/c1-2-3-4-5-17-6-10-21(25(29)14-17)20-7-11-22(26(30)16-20)18-8-12-23-19(15-18)9-13-24(27(23)31)28(32,33)34/h6-16H,2-5H2,1H3. The van der Waals surface area contributed by atoms with Gasteiger partial charge >= 0.3 is 6.18 Å². The van der Waals surface area contributed by atoms with Gasteiger partial charge in [0.25, 0.3) is 0 Å². The highest BCUT2D eigenvalue weighted by Crippen LogP contribution is 2.36. The summed E-state index contributed by atoms with van der Waals surface area (Å²) in [6.45, 7) is 2.10. The molecule has 0 saturated heterocycles. The lowest BCUT2D eigenvalue weighted by Gasteiger charge is -2.12. The molecule has 0 aliphatic heterocycles. The monoisotopic (exact) mass is 472 g/mol. The quantitative estimate of drug-likeness (QED) is 0.194. The third-order valence-corrected chi connectivity index (χ3v) is 5.95. The molecular formula is C28H22F6. The lowest BCUT2D eigenvalue weighted by Crippen LogP contribution is -2.08. The SMILES string of the molecule is CCCCCc1ccc(-c2ccc(-c3ccc4c(F)c(C(F)(F)F)ccc4c3)c(F)c2)c(F)c1. The van der Waals surface area contributed by atoms with Crippen molar-refractivity contribution in [3.05, 3.63) is 95.3 Å². The molecule has 6 heteroatoms. The molecule has 0 aliphatic carbocycles. The predicted octanol–water partition coefficient (Wildman–Crippen LogP) is 9.34. The maximum Gasteiger partial charge on any atom is 0.419 e. The van der Waals surface area contributed by atoms with Crippen LogP contribution in [0.3, 0.4) is 0 Å². The van der Waals surface area contributed by atoms with Crippen LogP contribution in [-0.4, -0.2) is 0 Å². The summed E-state index contributed by atoms with van der Waals surface area (Å²) in [5.41, 5.74) is 0.765. The van der Waals surface area contributed by atoms with Gasteiger partial charge in [0, 0.05) is 16.5 Å². The van der Waals surface area contributed by atoms with Crippen LogP contribution in [0, 0.1) is 17.5 Å².